The maximum atomic E-state index is 13.7. The standard InChI is InChI=1S/C28H33ClN4O4/c29-21-7-9-22(10-8-21)37-18-27(35)33-24-11-6-20(28(36)32-14-12-30-13-15-32)16-23(24)31-26(34)17-25(33)19-4-2-1-3-5-19/h6-11,16,19,25,30H,1-5,12-15,17-18H2,(H,31,34). The Morgan fingerprint density at radius 3 is 2.46 bits per heavy atom. The highest BCUT2D eigenvalue weighted by Crippen LogP contribution is 2.39. The Morgan fingerprint density at radius 2 is 1.73 bits per heavy atom. The third-order valence-electron chi connectivity index (χ3n) is 7.55. The highest BCUT2D eigenvalue weighted by molar-refractivity contribution is 6.30. The molecule has 3 aliphatic rings. The van der Waals surface area contributed by atoms with Crippen molar-refractivity contribution in [2.24, 2.45) is 5.92 Å². The molecule has 1 unspecified atom stereocenters. The van der Waals surface area contributed by atoms with Gasteiger partial charge in [-0.1, -0.05) is 30.9 Å². The van der Waals surface area contributed by atoms with E-state index in [4.69, 9.17) is 16.3 Å². The van der Waals surface area contributed by atoms with Crippen LogP contribution in [0.3, 0.4) is 0 Å². The predicted octanol–water partition coefficient (Wildman–Crippen LogP) is 4.09. The number of carbonyl (C=O) groups is 3. The molecule has 8 nitrogen and oxygen atoms in total. The lowest BCUT2D eigenvalue weighted by atomic mass is 9.81. The number of rotatable bonds is 5. The Balaban J connectivity index is 1.45. The Morgan fingerprint density at radius 1 is 1.00 bits per heavy atom. The van der Waals surface area contributed by atoms with Gasteiger partial charge in [0.05, 0.1) is 11.4 Å². The number of nitrogens with zero attached hydrogens (tertiary/aromatic N) is 2. The topological polar surface area (TPSA) is 91.0 Å². The summed E-state index contributed by atoms with van der Waals surface area (Å²) in [6.45, 7) is 2.62. The molecular weight excluding hydrogens is 492 g/mol. The summed E-state index contributed by atoms with van der Waals surface area (Å²) in [6.07, 6.45) is 5.54. The molecule has 5 rings (SSSR count). The summed E-state index contributed by atoms with van der Waals surface area (Å²) in [6, 6.07) is 11.9. The molecule has 0 radical (unpaired) electrons. The van der Waals surface area contributed by atoms with E-state index in [-0.39, 0.29) is 42.7 Å². The third kappa shape index (κ3) is 5.91. The van der Waals surface area contributed by atoms with Crippen molar-refractivity contribution in [3.05, 3.63) is 53.1 Å². The van der Waals surface area contributed by atoms with Gasteiger partial charge in [0.15, 0.2) is 6.61 Å². The van der Waals surface area contributed by atoms with Gasteiger partial charge in [0, 0.05) is 49.2 Å². The minimum Gasteiger partial charge on any atom is -0.484 e. The number of hydrogen-bond acceptors (Lipinski definition) is 5. The van der Waals surface area contributed by atoms with E-state index in [1.54, 1.807) is 47.4 Å². The average molecular weight is 525 g/mol. The molecule has 1 aliphatic carbocycles. The Bertz CT molecular complexity index is 1140. The van der Waals surface area contributed by atoms with Crippen molar-refractivity contribution in [2.75, 3.05) is 43.0 Å². The average Bonchev–Trinajstić information content (AvgIpc) is 3.08. The molecule has 0 bridgehead atoms. The first-order valence-corrected chi connectivity index (χ1v) is 13.5. The number of halogens is 1. The summed E-state index contributed by atoms with van der Waals surface area (Å²) in [5.74, 6) is 0.345. The normalized spacial score (nSPS) is 20.6. The molecule has 2 N–H and O–H groups in total. The van der Waals surface area contributed by atoms with Crippen LogP contribution >= 0.6 is 11.6 Å². The van der Waals surface area contributed by atoms with Crippen LogP contribution in [0.15, 0.2) is 42.5 Å². The number of nitrogens with one attached hydrogen (secondary N) is 2. The van der Waals surface area contributed by atoms with Gasteiger partial charge in [-0.2, -0.15) is 0 Å². The van der Waals surface area contributed by atoms with Crippen LogP contribution in [0.4, 0.5) is 11.4 Å². The lowest BCUT2D eigenvalue weighted by Crippen LogP contribution is -2.48. The van der Waals surface area contributed by atoms with E-state index >= 15 is 0 Å². The summed E-state index contributed by atoms with van der Waals surface area (Å²) in [7, 11) is 0. The van der Waals surface area contributed by atoms with E-state index in [0.717, 1.165) is 38.8 Å². The van der Waals surface area contributed by atoms with Crippen LogP contribution in [0.2, 0.25) is 5.02 Å². The Kier molecular flexibility index (Phi) is 7.96. The lowest BCUT2D eigenvalue weighted by Gasteiger charge is -2.37. The van der Waals surface area contributed by atoms with Crippen molar-refractivity contribution in [2.45, 2.75) is 44.6 Å². The first kappa shape index (κ1) is 25.5. The van der Waals surface area contributed by atoms with Gasteiger partial charge >= 0.3 is 0 Å². The maximum Gasteiger partial charge on any atom is 0.265 e. The number of amides is 3. The van der Waals surface area contributed by atoms with Gasteiger partial charge in [-0.3, -0.25) is 14.4 Å². The van der Waals surface area contributed by atoms with Crippen LogP contribution in [0.25, 0.3) is 0 Å². The highest BCUT2D eigenvalue weighted by atomic mass is 35.5. The zero-order valence-electron chi connectivity index (χ0n) is 20.9. The zero-order chi connectivity index (χ0) is 25.8. The SMILES string of the molecule is O=C1CC(C2CCCCC2)N(C(=O)COc2ccc(Cl)cc2)c2ccc(C(=O)N3CCNCC3)cc2N1. The molecule has 2 aliphatic heterocycles. The van der Waals surface area contributed by atoms with Gasteiger partial charge in [0.25, 0.3) is 11.8 Å². The monoisotopic (exact) mass is 524 g/mol. The lowest BCUT2D eigenvalue weighted by molar-refractivity contribution is -0.121. The largest absolute Gasteiger partial charge is 0.484 e. The summed E-state index contributed by atoms with van der Waals surface area (Å²) in [5, 5.41) is 6.83. The fraction of sp³-hybridized carbons (Fsp3) is 0.464. The number of carbonyl (C=O) groups excluding carboxylic acids is 3. The molecule has 2 fully saturated rings. The van der Waals surface area contributed by atoms with E-state index in [1.807, 2.05) is 4.90 Å². The Hall–Kier alpha value is -3.10. The van der Waals surface area contributed by atoms with Crippen molar-refractivity contribution in [3.63, 3.8) is 0 Å². The molecule has 37 heavy (non-hydrogen) atoms. The molecule has 196 valence electrons. The second-order valence-corrected chi connectivity index (χ2v) is 10.4. The molecule has 2 aromatic carbocycles. The first-order chi connectivity index (χ1) is 18.0. The molecule has 2 aromatic rings. The van der Waals surface area contributed by atoms with E-state index in [1.165, 1.54) is 6.42 Å². The number of hydrogen-bond donors (Lipinski definition) is 2. The van der Waals surface area contributed by atoms with Gasteiger partial charge in [-0.05, 0) is 61.2 Å². The predicted molar refractivity (Wildman–Crippen MR) is 143 cm³/mol. The zero-order valence-corrected chi connectivity index (χ0v) is 21.6. The molecule has 0 aromatic heterocycles. The molecule has 1 saturated carbocycles. The fourth-order valence-electron chi connectivity index (χ4n) is 5.65. The summed E-state index contributed by atoms with van der Waals surface area (Å²) < 4.78 is 5.81. The quantitative estimate of drug-likeness (QED) is 0.615. The van der Waals surface area contributed by atoms with Crippen molar-refractivity contribution in [1.29, 1.82) is 0 Å². The second-order valence-electron chi connectivity index (χ2n) is 10.00. The second kappa shape index (κ2) is 11.5. The molecule has 0 spiro atoms. The van der Waals surface area contributed by atoms with Gasteiger partial charge in [-0.15, -0.1) is 0 Å². The van der Waals surface area contributed by atoms with Gasteiger partial charge < -0.3 is 25.2 Å². The van der Waals surface area contributed by atoms with Crippen molar-refractivity contribution < 1.29 is 19.1 Å². The van der Waals surface area contributed by atoms with E-state index < -0.39 is 0 Å². The first-order valence-electron chi connectivity index (χ1n) is 13.1. The molecule has 1 atom stereocenters. The van der Waals surface area contributed by atoms with Gasteiger partial charge in [0.2, 0.25) is 5.91 Å². The number of benzene rings is 2. The van der Waals surface area contributed by atoms with Gasteiger partial charge in [0.1, 0.15) is 5.75 Å². The molecule has 2 heterocycles. The molecular formula is C28H33ClN4O4. The Labute approximate surface area is 222 Å². The number of fused-ring (bicyclic) bond motifs is 1. The van der Waals surface area contributed by atoms with E-state index in [2.05, 4.69) is 10.6 Å². The minimum absolute atomic E-state index is 0.0735. The van der Waals surface area contributed by atoms with E-state index in [0.29, 0.717) is 40.8 Å². The minimum atomic E-state index is -0.266. The molecule has 1 saturated heterocycles. The molecule has 3 amide bonds. The molecule has 9 heteroatoms. The fourth-order valence-corrected chi connectivity index (χ4v) is 5.78. The number of anilines is 2. The number of piperazine rings is 1. The highest BCUT2D eigenvalue weighted by Gasteiger charge is 2.38. The van der Waals surface area contributed by atoms with Crippen LogP contribution in [0.1, 0.15) is 48.9 Å². The van der Waals surface area contributed by atoms with Gasteiger partial charge in [-0.25, -0.2) is 0 Å². The van der Waals surface area contributed by atoms with Crippen molar-refractivity contribution in [3.8, 4) is 5.75 Å². The smallest absolute Gasteiger partial charge is 0.265 e. The summed E-state index contributed by atoms with van der Waals surface area (Å²) in [4.78, 5) is 43.5. The maximum absolute atomic E-state index is 13.7. The van der Waals surface area contributed by atoms with Crippen LogP contribution in [-0.2, 0) is 9.59 Å². The van der Waals surface area contributed by atoms with Crippen molar-refractivity contribution in [1.82, 2.24) is 10.2 Å². The number of ether oxygens (including phenoxy) is 1. The van der Waals surface area contributed by atoms with Crippen LogP contribution < -0.4 is 20.3 Å². The summed E-state index contributed by atoms with van der Waals surface area (Å²) >= 11 is 5.97. The van der Waals surface area contributed by atoms with Crippen LogP contribution in [-0.4, -0.2) is 61.4 Å². The van der Waals surface area contributed by atoms with E-state index in [9.17, 15) is 14.4 Å². The summed E-state index contributed by atoms with van der Waals surface area (Å²) in [5.41, 5.74) is 1.61. The van der Waals surface area contributed by atoms with Crippen molar-refractivity contribution >= 4 is 40.7 Å². The van der Waals surface area contributed by atoms with Crippen LogP contribution in [0, 0.1) is 5.92 Å². The van der Waals surface area contributed by atoms with Crippen LogP contribution in [0.5, 0.6) is 5.75 Å². The third-order valence-corrected chi connectivity index (χ3v) is 7.80.